The van der Waals surface area contributed by atoms with Gasteiger partial charge in [0, 0.05) is 0 Å². The Morgan fingerprint density at radius 3 is 2.68 bits per heavy atom. The van der Waals surface area contributed by atoms with Crippen molar-refractivity contribution in [2.45, 2.75) is 51.0 Å². The highest BCUT2D eigenvalue weighted by Gasteiger charge is 2.57. The molecule has 22 heavy (non-hydrogen) atoms. The summed E-state index contributed by atoms with van der Waals surface area (Å²) in [5.74, 6) is -0.0623. The first-order valence-corrected chi connectivity index (χ1v) is 7.95. The Morgan fingerprint density at radius 1 is 1.27 bits per heavy atom. The Kier molecular flexibility index (Phi) is 3.77. The third-order valence-electron chi connectivity index (χ3n) is 6.08. The van der Waals surface area contributed by atoms with Crippen LogP contribution in [0.15, 0.2) is 24.3 Å². The van der Waals surface area contributed by atoms with Gasteiger partial charge in [-0.3, -0.25) is 10.1 Å². The molecule has 0 aromatic heterocycles. The van der Waals surface area contributed by atoms with E-state index >= 15 is 0 Å². The van der Waals surface area contributed by atoms with E-state index in [1.807, 2.05) is 25.1 Å². The number of fused-ring (bicyclic) bond motifs is 3. The minimum atomic E-state index is -0.536. The largest absolute Gasteiger partial charge is 0.469 e. The summed E-state index contributed by atoms with van der Waals surface area (Å²) in [6, 6.07) is 8.11. The standard InChI is InChI=1S/C18H24O4/c1-17-9-6-10-18(2,16(19)21-3)15(17)11-14(22-20)12-7-4-5-8-13(12)17/h4-5,7-8,14-15,20H,6,9-11H2,1-3H3/t14?,15?,17?,18-/m1/s1. The summed E-state index contributed by atoms with van der Waals surface area (Å²) in [7, 11) is 1.45. The summed E-state index contributed by atoms with van der Waals surface area (Å²) in [4.78, 5) is 17.2. The van der Waals surface area contributed by atoms with Crippen molar-refractivity contribution in [2.24, 2.45) is 11.3 Å². The van der Waals surface area contributed by atoms with Crippen LogP contribution in [0.1, 0.15) is 56.8 Å². The van der Waals surface area contributed by atoms with Crippen molar-refractivity contribution in [2.75, 3.05) is 7.11 Å². The van der Waals surface area contributed by atoms with Crippen LogP contribution in [-0.2, 0) is 19.8 Å². The molecular formula is C18H24O4. The molecule has 0 saturated heterocycles. The van der Waals surface area contributed by atoms with Gasteiger partial charge in [-0.05, 0) is 48.6 Å². The lowest BCUT2D eigenvalue weighted by atomic mass is 9.49. The highest BCUT2D eigenvalue weighted by atomic mass is 17.1. The van der Waals surface area contributed by atoms with Gasteiger partial charge in [0.2, 0.25) is 0 Å². The van der Waals surface area contributed by atoms with Crippen molar-refractivity contribution < 1.29 is 19.7 Å². The van der Waals surface area contributed by atoms with Gasteiger partial charge < -0.3 is 4.74 Å². The summed E-state index contributed by atoms with van der Waals surface area (Å²) in [6.07, 6.45) is 3.11. The minimum absolute atomic E-state index is 0.0905. The van der Waals surface area contributed by atoms with Crippen LogP contribution in [0.25, 0.3) is 0 Å². The van der Waals surface area contributed by atoms with Gasteiger partial charge in [-0.2, -0.15) is 0 Å². The molecule has 4 atom stereocenters. The first-order valence-electron chi connectivity index (χ1n) is 7.95. The fourth-order valence-electron chi connectivity index (χ4n) is 4.93. The van der Waals surface area contributed by atoms with Gasteiger partial charge >= 0.3 is 5.97 Å². The van der Waals surface area contributed by atoms with Gasteiger partial charge in [0.15, 0.2) is 0 Å². The zero-order valence-corrected chi connectivity index (χ0v) is 13.5. The third-order valence-corrected chi connectivity index (χ3v) is 6.08. The zero-order chi connectivity index (χ0) is 16.0. The maximum atomic E-state index is 12.5. The number of ether oxygens (including phenoxy) is 1. The summed E-state index contributed by atoms with van der Waals surface area (Å²) < 4.78 is 5.10. The Morgan fingerprint density at radius 2 is 2.00 bits per heavy atom. The lowest BCUT2D eigenvalue weighted by Crippen LogP contribution is -2.53. The molecule has 1 aromatic carbocycles. The van der Waals surface area contributed by atoms with Gasteiger partial charge in [0.05, 0.1) is 12.5 Å². The molecule has 1 N–H and O–H groups in total. The summed E-state index contributed by atoms with van der Waals surface area (Å²) >= 11 is 0. The van der Waals surface area contributed by atoms with E-state index in [4.69, 9.17) is 9.62 Å². The molecule has 0 spiro atoms. The zero-order valence-electron chi connectivity index (χ0n) is 13.5. The maximum Gasteiger partial charge on any atom is 0.311 e. The van der Waals surface area contributed by atoms with Crippen LogP contribution >= 0.6 is 0 Å². The van der Waals surface area contributed by atoms with Crippen molar-refractivity contribution in [1.29, 1.82) is 0 Å². The highest BCUT2D eigenvalue weighted by molar-refractivity contribution is 5.77. The Hall–Kier alpha value is -1.39. The first kappa shape index (κ1) is 15.5. The van der Waals surface area contributed by atoms with E-state index < -0.39 is 5.41 Å². The van der Waals surface area contributed by atoms with Crippen LogP contribution in [0.5, 0.6) is 0 Å². The molecule has 4 nitrogen and oxygen atoms in total. The molecule has 0 heterocycles. The molecule has 1 saturated carbocycles. The van der Waals surface area contributed by atoms with Crippen molar-refractivity contribution in [3.05, 3.63) is 35.4 Å². The Labute approximate surface area is 131 Å². The van der Waals surface area contributed by atoms with Crippen LogP contribution < -0.4 is 0 Å². The molecule has 0 radical (unpaired) electrons. The molecule has 0 amide bonds. The molecule has 1 fully saturated rings. The number of benzene rings is 1. The molecule has 1 aromatic rings. The number of carbonyl (C=O) groups excluding carboxylic acids is 1. The number of carbonyl (C=O) groups is 1. The number of hydrogen-bond donors (Lipinski definition) is 1. The quantitative estimate of drug-likeness (QED) is 0.512. The van der Waals surface area contributed by atoms with Gasteiger partial charge in [-0.1, -0.05) is 37.6 Å². The van der Waals surface area contributed by atoms with Crippen molar-refractivity contribution >= 4 is 5.97 Å². The van der Waals surface area contributed by atoms with Gasteiger partial charge in [-0.25, -0.2) is 4.89 Å². The lowest BCUT2D eigenvalue weighted by molar-refractivity contribution is -0.291. The average molecular weight is 304 g/mol. The van der Waals surface area contributed by atoms with Crippen molar-refractivity contribution in [3.8, 4) is 0 Å². The second kappa shape index (κ2) is 5.36. The number of esters is 1. The van der Waals surface area contributed by atoms with Crippen LogP contribution in [0.4, 0.5) is 0 Å². The fraction of sp³-hybridized carbons (Fsp3) is 0.611. The van der Waals surface area contributed by atoms with Crippen LogP contribution in [0, 0.1) is 11.3 Å². The van der Waals surface area contributed by atoms with Gasteiger partial charge in [0.1, 0.15) is 6.10 Å². The summed E-state index contributed by atoms with van der Waals surface area (Å²) in [6.45, 7) is 4.24. The monoisotopic (exact) mass is 304 g/mol. The SMILES string of the molecule is COC(=O)[C@]1(C)CCCC2(C)c3ccccc3C(OO)CC21. The minimum Gasteiger partial charge on any atom is -0.469 e. The van der Waals surface area contributed by atoms with Gasteiger partial charge in [-0.15, -0.1) is 0 Å². The molecular weight excluding hydrogens is 280 g/mol. The predicted octanol–water partition coefficient (Wildman–Crippen LogP) is 3.86. The summed E-state index contributed by atoms with van der Waals surface area (Å²) in [5.41, 5.74) is 1.61. The lowest BCUT2D eigenvalue weighted by Gasteiger charge is -2.54. The molecule has 120 valence electrons. The van der Waals surface area contributed by atoms with Crippen LogP contribution in [-0.4, -0.2) is 18.3 Å². The van der Waals surface area contributed by atoms with E-state index in [2.05, 4.69) is 13.0 Å². The topological polar surface area (TPSA) is 55.8 Å². The third kappa shape index (κ3) is 2.01. The van der Waals surface area contributed by atoms with E-state index in [1.165, 1.54) is 12.7 Å². The molecule has 2 aliphatic carbocycles. The number of hydrogen-bond acceptors (Lipinski definition) is 4. The maximum absolute atomic E-state index is 12.5. The average Bonchev–Trinajstić information content (AvgIpc) is 2.54. The first-order chi connectivity index (χ1) is 10.5. The molecule has 4 heteroatoms. The van der Waals surface area contributed by atoms with Crippen LogP contribution in [0.2, 0.25) is 0 Å². The molecule has 3 unspecified atom stereocenters. The van der Waals surface area contributed by atoms with E-state index in [-0.39, 0.29) is 23.4 Å². The van der Waals surface area contributed by atoms with E-state index in [1.54, 1.807) is 0 Å². The Bertz CT molecular complexity index is 584. The second-order valence-electron chi connectivity index (χ2n) is 7.15. The van der Waals surface area contributed by atoms with Crippen LogP contribution in [0.3, 0.4) is 0 Å². The normalized spacial score (nSPS) is 37.1. The molecule has 0 aliphatic heterocycles. The van der Waals surface area contributed by atoms with Crippen molar-refractivity contribution in [3.63, 3.8) is 0 Å². The predicted molar refractivity (Wildman–Crippen MR) is 82.3 cm³/mol. The van der Waals surface area contributed by atoms with E-state index in [0.29, 0.717) is 6.42 Å². The molecule has 0 bridgehead atoms. The fourth-order valence-corrected chi connectivity index (χ4v) is 4.93. The molecule has 2 aliphatic rings. The van der Waals surface area contributed by atoms with E-state index in [9.17, 15) is 10.1 Å². The number of methoxy groups -OCH3 is 1. The Balaban J connectivity index is 2.14. The van der Waals surface area contributed by atoms with Crippen molar-refractivity contribution in [1.82, 2.24) is 0 Å². The second-order valence-corrected chi connectivity index (χ2v) is 7.15. The molecule has 3 rings (SSSR count). The highest BCUT2D eigenvalue weighted by Crippen LogP contribution is 2.59. The number of rotatable bonds is 2. The smallest absolute Gasteiger partial charge is 0.311 e. The van der Waals surface area contributed by atoms with E-state index in [0.717, 1.165) is 24.8 Å². The van der Waals surface area contributed by atoms with Gasteiger partial charge in [0.25, 0.3) is 0 Å². The summed E-state index contributed by atoms with van der Waals surface area (Å²) in [5, 5.41) is 9.36.